The maximum Gasteiger partial charge on any atom is 0.256 e. The Morgan fingerprint density at radius 3 is 2.42 bits per heavy atom. The van der Waals surface area contributed by atoms with Gasteiger partial charge in [-0.05, 0) is 44.2 Å². The maximum atomic E-state index is 13.1. The first-order valence-electron chi connectivity index (χ1n) is 10.8. The lowest BCUT2D eigenvalue weighted by Crippen LogP contribution is -2.30. The molecule has 3 rings (SSSR count). The van der Waals surface area contributed by atoms with Gasteiger partial charge in [0, 0.05) is 18.7 Å². The molecule has 0 bridgehead atoms. The van der Waals surface area contributed by atoms with Gasteiger partial charge < -0.3 is 24.3 Å². The van der Waals surface area contributed by atoms with E-state index in [0.717, 1.165) is 0 Å². The number of hydrogen-bond acceptors (Lipinski definition) is 7. The molecule has 1 aliphatic heterocycles. The van der Waals surface area contributed by atoms with Gasteiger partial charge in [0.2, 0.25) is 15.8 Å². The van der Waals surface area contributed by atoms with E-state index in [9.17, 15) is 13.2 Å². The fraction of sp³-hybridized carbons (Fsp3) is 0.435. The highest BCUT2D eigenvalue weighted by molar-refractivity contribution is 7.89. The minimum atomic E-state index is -3.72. The van der Waals surface area contributed by atoms with Gasteiger partial charge in [-0.1, -0.05) is 13.8 Å². The number of benzene rings is 2. The van der Waals surface area contributed by atoms with Crippen molar-refractivity contribution in [3.63, 3.8) is 0 Å². The predicted octanol–water partition coefficient (Wildman–Crippen LogP) is 3.54. The van der Waals surface area contributed by atoms with E-state index < -0.39 is 15.9 Å². The second-order valence-electron chi connectivity index (χ2n) is 7.57. The average Bonchev–Trinajstić information content (AvgIpc) is 2.79. The standard InChI is InChI=1S/C23H30N2O7S/c1-6-25(7-2)33(27,28)17-8-9-19(32-15(3)4)18(14-17)24-23(26)16-12-20(29-5)22-21(13-16)30-10-11-31-22/h8-9,12-15H,6-7,10-11H2,1-5H3,(H,24,26). The van der Waals surface area contributed by atoms with Gasteiger partial charge >= 0.3 is 0 Å². The van der Waals surface area contributed by atoms with Gasteiger partial charge in [-0.3, -0.25) is 4.79 Å². The number of amides is 1. The summed E-state index contributed by atoms with van der Waals surface area (Å²) in [6, 6.07) is 7.55. The molecule has 0 unspecified atom stereocenters. The van der Waals surface area contributed by atoms with Crippen molar-refractivity contribution in [2.24, 2.45) is 0 Å². The topological polar surface area (TPSA) is 103 Å². The van der Waals surface area contributed by atoms with Crippen molar-refractivity contribution >= 4 is 21.6 Å². The van der Waals surface area contributed by atoms with Crippen LogP contribution < -0.4 is 24.3 Å². The van der Waals surface area contributed by atoms with Crippen molar-refractivity contribution in [1.82, 2.24) is 4.31 Å². The third-order valence-corrected chi connectivity index (χ3v) is 7.04. The van der Waals surface area contributed by atoms with Crippen LogP contribution in [0.4, 0.5) is 5.69 Å². The van der Waals surface area contributed by atoms with Crippen LogP contribution in [0.2, 0.25) is 0 Å². The molecule has 10 heteroatoms. The van der Waals surface area contributed by atoms with E-state index in [1.807, 2.05) is 13.8 Å². The molecule has 0 radical (unpaired) electrons. The van der Waals surface area contributed by atoms with Crippen molar-refractivity contribution < 1.29 is 32.2 Å². The van der Waals surface area contributed by atoms with Gasteiger partial charge in [0.25, 0.3) is 5.91 Å². The molecule has 2 aromatic carbocycles. The minimum absolute atomic E-state index is 0.0670. The Balaban J connectivity index is 2.00. The monoisotopic (exact) mass is 478 g/mol. The number of anilines is 1. The summed E-state index contributed by atoms with van der Waals surface area (Å²) in [5, 5.41) is 2.78. The largest absolute Gasteiger partial charge is 0.493 e. The van der Waals surface area contributed by atoms with Crippen molar-refractivity contribution in [2.45, 2.75) is 38.7 Å². The number of nitrogens with zero attached hydrogens (tertiary/aromatic N) is 1. The molecule has 0 aromatic heterocycles. The molecule has 0 saturated carbocycles. The van der Waals surface area contributed by atoms with E-state index in [-0.39, 0.29) is 22.3 Å². The van der Waals surface area contributed by atoms with Crippen LogP contribution in [0, 0.1) is 0 Å². The molecule has 0 aliphatic carbocycles. The lowest BCUT2D eigenvalue weighted by atomic mass is 10.1. The Kier molecular flexibility index (Phi) is 7.70. The highest BCUT2D eigenvalue weighted by Crippen LogP contribution is 2.40. The first-order valence-corrected chi connectivity index (χ1v) is 12.2. The zero-order chi connectivity index (χ0) is 24.2. The minimum Gasteiger partial charge on any atom is -0.493 e. The van der Waals surface area contributed by atoms with E-state index in [1.54, 1.807) is 32.0 Å². The fourth-order valence-corrected chi connectivity index (χ4v) is 4.92. The van der Waals surface area contributed by atoms with Crippen LogP contribution in [0.5, 0.6) is 23.0 Å². The number of ether oxygens (including phenoxy) is 4. The lowest BCUT2D eigenvalue weighted by Gasteiger charge is -2.22. The highest BCUT2D eigenvalue weighted by atomic mass is 32.2. The van der Waals surface area contributed by atoms with E-state index in [1.165, 1.54) is 23.5 Å². The Labute approximate surface area is 194 Å². The normalized spacial score (nSPS) is 13.2. The van der Waals surface area contributed by atoms with Gasteiger partial charge in [-0.25, -0.2) is 8.42 Å². The van der Waals surface area contributed by atoms with Gasteiger partial charge in [0.05, 0.1) is 23.8 Å². The predicted molar refractivity (Wildman–Crippen MR) is 124 cm³/mol. The van der Waals surface area contributed by atoms with Crippen molar-refractivity contribution in [3.05, 3.63) is 35.9 Å². The molecular formula is C23H30N2O7S. The van der Waals surface area contributed by atoms with Gasteiger partial charge in [-0.2, -0.15) is 4.31 Å². The molecule has 33 heavy (non-hydrogen) atoms. The Hall–Kier alpha value is -2.98. The number of sulfonamides is 1. The SMILES string of the molecule is CCN(CC)S(=O)(=O)c1ccc(OC(C)C)c(NC(=O)c2cc(OC)c3c(c2)OCCO3)c1. The molecule has 0 saturated heterocycles. The van der Waals surface area contributed by atoms with Crippen LogP contribution >= 0.6 is 0 Å². The molecule has 0 atom stereocenters. The van der Waals surface area contributed by atoms with Crippen LogP contribution in [0.3, 0.4) is 0 Å². The molecular weight excluding hydrogens is 448 g/mol. The van der Waals surface area contributed by atoms with Crippen molar-refractivity contribution in [3.8, 4) is 23.0 Å². The summed E-state index contributed by atoms with van der Waals surface area (Å²) in [6.45, 7) is 8.65. The number of hydrogen-bond donors (Lipinski definition) is 1. The molecule has 1 N–H and O–H groups in total. The van der Waals surface area contributed by atoms with Crippen LogP contribution in [-0.4, -0.2) is 58.1 Å². The summed E-state index contributed by atoms with van der Waals surface area (Å²) in [5.74, 6) is 1.10. The second kappa shape index (κ2) is 10.3. The van der Waals surface area contributed by atoms with Crippen LogP contribution in [-0.2, 0) is 10.0 Å². The average molecular weight is 479 g/mol. The third kappa shape index (κ3) is 5.33. The van der Waals surface area contributed by atoms with Gasteiger partial charge in [0.1, 0.15) is 19.0 Å². The summed E-state index contributed by atoms with van der Waals surface area (Å²) in [7, 11) is -2.24. The smallest absolute Gasteiger partial charge is 0.256 e. The summed E-state index contributed by atoms with van der Waals surface area (Å²) < 4.78 is 49.7. The molecule has 1 heterocycles. The molecule has 9 nitrogen and oxygen atoms in total. The Bertz CT molecular complexity index is 1090. The fourth-order valence-electron chi connectivity index (χ4n) is 3.44. The number of carbonyl (C=O) groups excluding carboxylic acids is 1. The Morgan fingerprint density at radius 1 is 1.09 bits per heavy atom. The second-order valence-corrected chi connectivity index (χ2v) is 9.51. The van der Waals surface area contributed by atoms with E-state index in [4.69, 9.17) is 18.9 Å². The first-order chi connectivity index (χ1) is 15.7. The Morgan fingerprint density at radius 2 is 1.79 bits per heavy atom. The number of methoxy groups -OCH3 is 1. The highest BCUT2D eigenvalue weighted by Gasteiger charge is 2.25. The van der Waals surface area contributed by atoms with Crippen molar-refractivity contribution in [1.29, 1.82) is 0 Å². The zero-order valence-corrected chi connectivity index (χ0v) is 20.3. The summed E-state index contributed by atoms with van der Waals surface area (Å²) >= 11 is 0. The molecule has 1 aliphatic rings. The molecule has 180 valence electrons. The lowest BCUT2D eigenvalue weighted by molar-refractivity contribution is 0.102. The summed E-state index contributed by atoms with van der Waals surface area (Å²) in [6.07, 6.45) is -0.180. The van der Waals surface area contributed by atoms with Crippen LogP contribution in [0.1, 0.15) is 38.1 Å². The van der Waals surface area contributed by atoms with Crippen molar-refractivity contribution in [2.75, 3.05) is 38.7 Å². The number of carbonyl (C=O) groups is 1. The van der Waals surface area contributed by atoms with Crippen LogP contribution in [0.25, 0.3) is 0 Å². The number of nitrogens with one attached hydrogen (secondary N) is 1. The van der Waals surface area contributed by atoms with E-state index in [2.05, 4.69) is 5.32 Å². The van der Waals surface area contributed by atoms with Gasteiger partial charge in [-0.15, -0.1) is 0 Å². The molecule has 1 amide bonds. The van der Waals surface area contributed by atoms with Gasteiger partial charge in [0.15, 0.2) is 11.5 Å². The zero-order valence-electron chi connectivity index (χ0n) is 19.5. The summed E-state index contributed by atoms with van der Waals surface area (Å²) in [4.78, 5) is 13.2. The third-order valence-electron chi connectivity index (χ3n) is 5.00. The van der Waals surface area contributed by atoms with E-state index >= 15 is 0 Å². The molecule has 2 aromatic rings. The molecule has 0 spiro atoms. The maximum absolute atomic E-state index is 13.1. The quantitative estimate of drug-likeness (QED) is 0.588. The number of rotatable bonds is 9. The van der Waals surface area contributed by atoms with E-state index in [0.29, 0.717) is 49.3 Å². The van der Waals surface area contributed by atoms with Crippen LogP contribution in [0.15, 0.2) is 35.2 Å². The molecule has 0 fully saturated rings. The summed E-state index contributed by atoms with van der Waals surface area (Å²) in [5.41, 5.74) is 0.513. The first kappa shape index (κ1) is 24.7. The number of fused-ring (bicyclic) bond motifs is 1.